The van der Waals surface area contributed by atoms with Crippen molar-refractivity contribution in [1.82, 2.24) is 19.7 Å². The first-order valence-electron chi connectivity index (χ1n) is 8.34. The van der Waals surface area contributed by atoms with Crippen LogP contribution in [0.5, 0.6) is 5.75 Å². The maximum Gasteiger partial charge on any atom is 0.514 e. The number of ether oxygens (including phenoxy) is 3. The van der Waals surface area contributed by atoms with Crippen molar-refractivity contribution < 1.29 is 23.8 Å². The van der Waals surface area contributed by atoms with E-state index in [2.05, 4.69) is 15.1 Å². The normalized spacial score (nSPS) is 11.3. The lowest BCUT2D eigenvalue weighted by Crippen LogP contribution is -2.26. The molecule has 2 aromatic heterocycles. The van der Waals surface area contributed by atoms with Gasteiger partial charge in [0.05, 0.1) is 15.7 Å². The Kier molecular flexibility index (Phi) is 5.90. The maximum atomic E-state index is 12.1. The summed E-state index contributed by atoms with van der Waals surface area (Å²) < 4.78 is 16.5. The average molecular weight is 439 g/mol. The second-order valence-electron chi connectivity index (χ2n) is 6.83. The molecule has 9 nitrogen and oxygen atoms in total. The first kappa shape index (κ1) is 20.8. The predicted octanol–water partition coefficient (Wildman–Crippen LogP) is 4.63. The standard InChI is InChI=1S/C18H16Cl2N4O5/c1-18(2,3)29-17(26)28-15-13(20)6-12(19)11-5-4-10(23-14(11)15)7-27-16(25)24-9-21-8-22-24/h4-6,8-9H,7H2,1-3H3. The van der Waals surface area contributed by atoms with Crippen LogP contribution in [0.1, 0.15) is 26.5 Å². The third kappa shape index (κ3) is 5.12. The van der Waals surface area contributed by atoms with Crippen LogP contribution in [0.25, 0.3) is 10.9 Å². The Morgan fingerprint density at radius 3 is 2.59 bits per heavy atom. The smallest absolute Gasteiger partial charge is 0.441 e. The quantitative estimate of drug-likeness (QED) is 0.430. The van der Waals surface area contributed by atoms with Gasteiger partial charge in [-0.3, -0.25) is 0 Å². The van der Waals surface area contributed by atoms with Crippen LogP contribution in [0.2, 0.25) is 10.0 Å². The zero-order valence-electron chi connectivity index (χ0n) is 15.7. The van der Waals surface area contributed by atoms with Gasteiger partial charge in [0.25, 0.3) is 0 Å². The zero-order chi connectivity index (χ0) is 21.2. The number of rotatable bonds is 3. The van der Waals surface area contributed by atoms with Gasteiger partial charge in [-0.15, -0.1) is 5.10 Å². The summed E-state index contributed by atoms with van der Waals surface area (Å²) in [6.07, 6.45) is 0.758. The van der Waals surface area contributed by atoms with Crippen LogP contribution in [0.4, 0.5) is 9.59 Å². The summed E-state index contributed by atoms with van der Waals surface area (Å²) in [7, 11) is 0. The van der Waals surface area contributed by atoms with Gasteiger partial charge in [-0.2, -0.15) is 4.68 Å². The highest BCUT2D eigenvalue weighted by molar-refractivity contribution is 6.39. The van der Waals surface area contributed by atoms with Crippen molar-refractivity contribution in [2.24, 2.45) is 0 Å². The summed E-state index contributed by atoms with van der Waals surface area (Å²) >= 11 is 12.4. The van der Waals surface area contributed by atoms with E-state index in [0.29, 0.717) is 16.1 Å². The van der Waals surface area contributed by atoms with Crippen LogP contribution < -0.4 is 4.74 Å². The molecular weight excluding hydrogens is 423 g/mol. The molecule has 0 fully saturated rings. The number of fused-ring (bicyclic) bond motifs is 1. The highest BCUT2D eigenvalue weighted by Gasteiger charge is 2.22. The summed E-state index contributed by atoms with van der Waals surface area (Å²) in [6, 6.07) is 4.72. The lowest BCUT2D eigenvalue weighted by atomic mass is 10.2. The van der Waals surface area contributed by atoms with Crippen LogP contribution in [-0.4, -0.2) is 37.6 Å². The van der Waals surface area contributed by atoms with Gasteiger partial charge in [-0.25, -0.2) is 19.6 Å². The monoisotopic (exact) mass is 438 g/mol. The van der Waals surface area contributed by atoms with E-state index >= 15 is 0 Å². The van der Waals surface area contributed by atoms with E-state index in [1.54, 1.807) is 32.9 Å². The van der Waals surface area contributed by atoms with Gasteiger partial charge in [0, 0.05) is 5.39 Å². The van der Waals surface area contributed by atoms with Crippen LogP contribution >= 0.6 is 23.2 Å². The van der Waals surface area contributed by atoms with Crippen LogP contribution in [-0.2, 0) is 16.1 Å². The van der Waals surface area contributed by atoms with Crippen molar-refractivity contribution in [3.63, 3.8) is 0 Å². The first-order chi connectivity index (χ1) is 13.6. The molecule has 0 unspecified atom stereocenters. The van der Waals surface area contributed by atoms with Gasteiger partial charge in [0.2, 0.25) is 0 Å². The molecule has 3 aromatic rings. The van der Waals surface area contributed by atoms with E-state index < -0.39 is 17.8 Å². The van der Waals surface area contributed by atoms with Gasteiger partial charge in [-0.1, -0.05) is 23.2 Å². The Hall–Kier alpha value is -2.91. The number of pyridine rings is 1. The summed E-state index contributed by atoms with van der Waals surface area (Å²) in [4.78, 5) is 32.0. The van der Waals surface area contributed by atoms with Gasteiger partial charge < -0.3 is 14.2 Å². The number of hydrogen-bond donors (Lipinski definition) is 0. The Morgan fingerprint density at radius 1 is 1.17 bits per heavy atom. The number of nitrogens with zero attached hydrogens (tertiary/aromatic N) is 4. The van der Waals surface area contributed by atoms with E-state index in [1.807, 2.05) is 0 Å². The van der Waals surface area contributed by atoms with Crippen LogP contribution in [0.3, 0.4) is 0 Å². The molecule has 2 heterocycles. The number of carbonyl (C=O) groups excluding carboxylic acids is 2. The average Bonchev–Trinajstić information content (AvgIpc) is 3.16. The molecule has 0 saturated heterocycles. The van der Waals surface area contributed by atoms with E-state index in [9.17, 15) is 9.59 Å². The summed E-state index contributed by atoms with van der Waals surface area (Å²) in [5, 5.41) is 4.58. The minimum absolute atomic E-state index is 0.00947. The molecule has 0 N–H and O–H groups in total. The molecule has 0 radical (unpaired) electrons. The molecule has 0 aliphatic carbocycles. The zero-order valence-corrected chi connectivity index (χ0v) is 17.2. The fourth-order valence-electron chi connectivity index (χ4n) is 2.27. The van der Waals surface area contributed by atoms with Gasteiger partial charge in [0.15, 0.2) is 5.75 Å². The number of aromatic nitrogens is 4. The first-order valence-corrected chi connectivity index (χ1v) is 9.10. The van der Waals surface area contributed by atoms with Crippen molar-refractivity contribution in [3.05, 3.63) is 46.6 Å². The van der Waals surface area contributed by atoms with Crippen LogP contribution in [0.15, 0.2) is 30.9 Å². The molecule has 3 rings (SSSR count). The Labute approximate surface area is 175 Å². The number of hydrogen-bond acceptors (Lipinski definition) is 8. The second kappa shape index (κ2) is 8.22. The van der Waals surface area contributed by atoms with E-state index in [4.69, 9.17) is 37.4 Å². The molecule has 0 bridgehead atoms. The second-order valence-corrected chi connectivity index (χ2v) is 7.64. The summed E-state index contributed by atoms with van der Waals surface area (Å²) in [6.45, 7) is 4.95. The molecule has 0 atom stereocenters. The Bertz CT molecular complexity index is 1060. The van der Waals surface area contributed by atoms with Crippen LogP contribution in [0, 0.1) is 0 Å². The molecule has 11 heteroatoms. The molecule has 0 aliphatic heterocycles. The molecule has 1 aromatic carbocycles. The number of halogens is 2. The fraction of sp³-hybridized carbons (Fsp3) is 0.278. The minimum atomic E-state index is -0.937. The summed E-state index contributed by atoms with van der Waals surface area (Å²) in [5.41, 5.74) is -0.152. The molecule has 0 saturated carbocycles. The van der Waals surface area contributed by atoms with Crippen molar-refractivity contribution in [1.29, 1.82) is 0 Å². The van der Waals surface area contributed by atoms with Gasteiger partial charge in [-0.05, 0) is 39.0 Å². The third-order valence-corrected chi connectivity index (χ3v) is 4.01. The largest absolute Gasteiger partial charge is 0.514 e. The van der Waals surface area contributed by atoms with E-state index in [-0.39, 0.29) is 22.9 Å². The molecule has 0 amide bonds. The summed E-state index contributed by atoms with van der Waals surface area (Å²) in [5.74, 6) is -0.00947. The minimum Gasteiger partial charge on any atom is -0.441 e. The Morgan fingerprint density at radius 2 is 1.93 bits per heavy atom. The molecular formula is C18H16Cl2N4O5. The topological polar surface area (TPSA) is 105 Å². The molecule has 152 valence electrons. The SMILES string of the molecule is CC(C)(C)OC(=O)Oc1c(Cl)cc(Cl)c2ccc(COC(=O)n3cncn3)nc12. The van der Waals surface area contributed by atoms with Gasteiger partial charge >= 0.3 is 12.2 Å². The van der Waals surface area contributed by atoms with Crippen molar-refractivity contribution in [2.75, 3.05) is 0 Å². The molecule has 0 spiro atoms. The predicted molar refractivity (Wildman–Crippen MR) is 104 cm³/mol. The number of carbonyl (C=O) groups is 2. The fourth-order valence-corrected chi connectivity index (χ4v) is 2.82. The van der Waals surface area contributed by atoms with Crippen molar-refractivity contribution >= 4 is 46.4 Å². The number of benzene rings is 1. The lowest BCUT2D eigenvalue weighted by molar-refractivity contribution is 0.0209. The maximum absolute atomic E-state index is 12.1. The van der Waals surface area contributed by atoms with Crippen molar-refractivity contribution in [2.45, 2.75) is 33.0 Å². The van der Waals surface area contributed by atoms with Crippen molar-refractivity contribution in [3.8, 4) is 5.75 Å². The van der Waals surface area contributed by atoms with Gasteiger partial charge in [0.1, 0.15) is 30.4 Å². The lowest BCUT2D eigenvalue weighted by Gasteiger charge is -2.19. The van der Waals surface area contributed by atoms with E-state index in [1.165, 1.54) is 18.7 Å². The Balaban J connectivity index is 1.89. The highest BCUT2D eigenvalue weighted by atomic mass is 35.5. The van der Waals surface area contributed by atoms with E-state index in [0.717, 1.165) is 4.68 Å². The highest BCUT2D eigenvalue weighted by Crippen LogP contribution is 2.37. The molecule has 0 aliphatic rings. The third-order valence-electron chi connectivity index (χ3n) is 3.42. The molecule has 29 heavy (non-hydrogen) atoms.